The van der Waals surface area contributed by atoms with E-state index in [4.69, 9.17) is 5.73 Å². The van der Waals surface area contributed by atoms with E-state index in [9.17, 15) is 18.0 Å². The SMILES string of the molecule is CC(C)[C@H](N)C(=O)N1CCN(C(=O)c2cccc(S(C)(=O)=O)c2)CC1. The molecule has 0 radical (unpaired) electrons. The summed E-state index contributed by atoms with van der Waals surface area (Å²) in [5.41, 5.74) is 6.24. The molecule has 1 aromatic rings. The fourth-order valence-corrected chi connectivity index (χ4v) is 3.34. The van der Waals surface area contributed by atoms with Crippen LogP contribution in [0.25, 0.3) is 0 Å². The number of piperazine rings is 1. The van der Waals surface area contributed by atoms with E-state index in [0.29, 0.717) is 31.7 Å². The number of rotatable bonds is 4. The number of nitrogens with two attached hydrogens (primary N) is 1. The number of carbonyl (C=O) groups is 2. The second kappa shape index (κ2) is 7.53. The highest BCUT2D eigenvalue weighted by molar-refractivity contribution is 7.90. The van der Waals surface area contributed by atoms with Crippen molar-refractivity contribution < 1.29 is 18.0 Å². The van der Waals surface area contributed by atoms with Crippen LogP contribution in [-0.2, 0) is 14.6 Å². The molecule has 2 amide bonds. The first-order valence-corrected chi connectivity index (χ1v) is 10.1. The average molecular weight is 367 g/mol. The molecular weight excluding hydrogens is 342 g/mol. The summed E-state index contributed by atoms with van der Waals surface area (Å²) >= 11 is 0. The Morgan fingerprint density at radius 2 is 1.64 bits per heavy atom. The van der Waals surface area contributed by atoms with E-state index >= 15 is 0 Å². The summed E-state index contributed by atoms with van der Waals surface area (Å²) in [5.74, 6) is -0.266. The zero-order chi connectivity index (χ0) is 18.8. The Morgan fingerprint density at radius 3 is 2.16 bits per heavy atom. The van der Waals surface area contributed by atoms with E-state index in [-0.39, 0.29) is 22.6 Å². The maximum absolute atomic E-state index is 12.6. The molecule has 0 aliphatic carbocycles. The Balaban J connectivity index is 2.04. The summed E-state index contributed by atoms with van der Waals surface area (Å²) in [6.45, 7) is 5.46. The van der Waals surface area contributed by atoms with Crippen molar-refractivity contribution in [1.82, 2.24) is 9.80 Å². The van der Waals surface area contributed by atoms with Gasteiger partial charge in [0.2, 0.25) is 5.91 Å². The van der Waals surface area contributed by atoms with Crippen LogP contribution in [0.2, 0.25) is 0 Å². The lowest BCUT2D eigenvalue weighted by molar-refractivity contribution is -0.135. The topological polar surface area (TPSA) is 101 Å². The van der Waals surface area contributed by atoms with Crippen LogP contribution in [0.15, 0.2) is 29.2 Å². The molecule has 8 heteroatoms. The molecule has 1 fully saturated rings. The van der Waals surface area contributed by atoms with E-state index < -0.39 is 15.9 Å². The van der Waals surface area contributed by atoms with Gasteiger partial charge in [-0.15, -0.1) is 0 Å². The van der Waals surface area contributed by atoms with Crippen LogP contribution in [0.1, 0.15) is 24.2 Å². The lowest BCUT2D eigenvalue weighted by atomic mass is 10.0. The van der Waals surface area contributed by atoms with Crippen molar-refractivity contribution >= 4 is 21.7 Å². The van der Waals surface area contributed by atoms with E-state index in [2.05, 4.69) is 0 Å². The van der Waals surface area contributed by atoms with E-state index in [1.54, 1.807) is 21.9 Å². The zero-order valence-corrected chi connectivity index (χ0v) is 15.6. The Morgan fingerprint density at radius 1 is 1.08 bits per heavy atom. The molecule has 0 spiro atoms. The van der Waals surface area contributed by atoms with Crippen molar-refractivity contribution in [2.24, 2.45) is 11.7 Å². The molecule has 0 aromatic heterocycles. The first kappa shape index (κ1) is 19.4. The summed E-state index contributed by atoms with van der Waals surface area (Å²) in [7, 11) is -3.36. The summed E-state index contributed by atoms with van der Waals surface area (Å²) < 4.78 is 23.3. The van der Waals surface area contributed by atoms with Crippen LogP contribution in [0.4, 0.5) is 0 Å². The van der Waals surface area contributed by atoms with E-state index in [1.165, 1.54) is 12.1 Å². The van der Waals surface area contributed by atoms with Crippen LogP contribution >= 0.6 is 0 Å². The van der Waals surface area contributed by atoms with Gasteiger partial charge in [-0.3, -0.25) is 9.59 Å². The molecule has 0 bridgehead atoms. The van der Waals surface area contributed by atoms with E-state index in [1.807, 2.05) is 13.8 Å². The second-order valence-corrected chi connectivity index (χ2v) is 8.70. The Labute approximate surface area is 148 Å². The molecule has 0 unspecified atom stereocenters. The monoisotopic (exact) mass is 367 g/mol. The molecule has 1 aliphatic rings. The number of hydrogen-bond donors (Lipinski definition) is 1. The summed E-state index contributed by atoms with van der Waals surface area (Å²) in [6.07, 6.45) is 1.11. The van der Waals surface area contributed by atoms with Crippen molar-refractivity contribution in [3.8, 4) is 0 Å². The zero-order valence-electron chi connectivity index (χ0n) is 14.8. The number of hydrogen-bond acceptors (Lipinski definition) is 5. The van der Waals surface area contributed by atoms with Gasteiger partial charge in [0.05, 0.1) is 10.9 Å². The third kappa shape index (κ3) is 4.58. The average Bonchev–Trinajstić information content (AvgIpc) is 2.59. The van der Waals surface area contributed by atoms with Crippen molar-refractivity contribution in [2.45, 2.75) is 24.8 Å². The lowest BCUT2D eigenvalue weighted by Crippen LogP contribution is -2.55. The predicted octanol–water partition coefficient (Wildman–Crippen LogP) is 0.358. The first-order valence-electron chi connectivity index (χ1n) is 8.25. The minimum absolute atomic E-state index is 0.0610. The molecule has 7 nitrogen and oxygen atoms in total. The van der Waals surface area contributed by atoms with Crippen molar-refractivity contribution in [3.05, 3.63) is 29.8 Å². The third-order valence-electron chi connectivity index (χ3n) is 4.39. The molecule has 1 saturated heterocycles. The van der Waals surface area contributed by atoms with Gasteiger partial charge in [0.1, 0.15) is 0 Å². The number of benzene rings is 1. The highest BCUT2D eigenvalue weighted by atomic mass is 32.2. The molecule has 1 atom stereocenters. The minimum atomic E-state index is -3.36. The number of sulfone groups is 1. The number of nitrogens with zero attached hydrogens (tertiary/aromatic N) is 2. The van der Waals surface area contributed by atoms with Crippen LogP contribution in [0.5, 0.6) is 0 Å². The van der Waals surface area contributed by atoms with Gasteiger partial charge in [-0.25, -0.2) is 8.42 Å². The quantitative estimate of drug-likeness (QED) is 0.828. The number of amides is 2. The largest absolute Gasteiger partial charge is 0.338 e. The van der Waals surface area contributed by atoms with Crippen molar-refractivity contribution in [1.29, 1.82) is 0 Å². The molecule has 138 valence electrons. The Hall–Kier alpha value is -1.93. The molecule has 2 N–H and O–H groups in total. The maximum atomic E-state index is 12.6. The van der Waals surface area contributed by atoms with Gasteiger partial charge < -0.3 is 15.5 Å². The van der Waals surface area contributed by atoms with Crippen molar-refractivity contribution in [3.63, 3.8) is 0 Å². The summed E-state index contributed by atoms with van der Waals surface area (Å²) in [6, 6.07) is 5.49. The fraction of sp³-hybridized carbons (Fsp3) is 0.529. The normalized spacial score (nSPS) is 16.8. The van der Waals surface area contributed by atoms with Crippen molar-refractivity contribution in [2.75, 3.05) is 32.4 Å². The van der Waals surface area contributed by atoms with Crippen LogP contribution in [0.3, 0.4) is 0 Å². The molecule has 25 heavy (non-hydrogen) atoms. The highest BCUT2D eigenvalue weighted by Gasteiger charge is 2.29. The minimum Gasteiger partial charge on any atom is -0.338 e. The Kier molecular flexibility index (Phi) is 5.84. The second-order valence-electron chi connectivity index (χ2n) is 6.69. The molecule has 1 heterocycles. The van der Waals surface area contributed by atoms with Crippen LogP contribution < -0.4 is 5.73 Å². The molecular formula is C17H25N3O4S. The van der Waals surface area contributed by atoms with Gasteiger partial charge in [-0.1, -0.05) is 19.9 Å². The van der Waals surface area contributed by atoms with Crippen LogP contribution in [-0.4, -0.2) is 68.5 Å². The molecule has 2 rings (SSSR count). The molecule has 1 aromatic carbocycles. The molecule has 0 saturated carbocycles. The lowest BCUT2D eigenvalue weighted by Gasteiger charge is -2.36. The van der Waals surface area contributed by atoms with E-state index in [0.717, 1.165) is 6.26 Å². The third-order valence-corrected chi connectivity index (χ3v) is 5.50. The van der Waals surface area contributed by atoms with Gasteiger partial charge in [-0.2, -0.15) is 0 Å². The highest BCUT2D eigenvalue weighted by Crippen LogP contribution is 2.15. The smallest absolute Gasteiger partial charge is 0.254 e. The van der Waals surface area contributed by atoms with Crippen LogP contribution in [0, 0.1) is 5.92 Å². The number of carbonyl (C=O) groups excluding carboxylic acids is 2. The van der Waals surface area contributed by atoms with Gasteiger partial charge in [0, 0.05) is 38.0 Å². The van der Waals surface area contributed by atoms with Gasteiger partial charge in [0.25, 0.3) is 5.91 Å². The first-order chi connectivity index (χ1) is 11.6. The maximum Gasteiger partial charge on any atom is 0.254 e. The predicted molar refractivity (Wildman–Crippen MR) is 94.8 cm³/mol. The van der Waals surface area contributed by atoms with Gasteiger partial charge in [0.15, 0.2) is 9.84 Å². The summed E-state index contributed by atoms with van der Waals surface area (Å²) in [5, 5.41) is 0. The fourth-order valence-electron chi connectivity index (χ4n) is 2.67. The van der Waals surface area contributed by atoms with Gasteiger partial charge in [-0.05, 0) is 24.1 Å². The standard InChI is InChI=1S/C17H25N3O4S/c1-12(2)15(18)17(22)20-9-7-19(8-10-20)16(21)13-5-4-6-14(11-13)25(3,23)24/h4-6,11-12,15H,7-10,18H2,1-3H3/t15-/m0/s1. The Bertz CT molecular complexity index is 753. The molecule has 1 aliphatic heterocycles. The summed E-state index contributed by atoms with van der Waals surface area (Å²) in [4.78, 5) is 28.3. The van der Waals surface area contributed by atoms with Gasteiger partial charge >= 0.3 is 0 Å².